The molecule has 0 aromatic carbocycles. The molecule has 1 atom stereocenters. The Morgan fingerprint density at radius 2 is 1.65 bits per heavy atom. The largest absolute Gasteiger partial charge is 0.350 e. The van der Waals surface area contributed by atoms with Crippen molar-refractivity contribution >= 4 is 0 Å². The molecule has 0 N–H and O–H groups in total. The van der Waals surface area contributed by atoms with Crippen molar-refractivity contribution in [1.29, 1.82) is 0 Å². The van der Waals surface area contributed by atoms with Crippen LogP contribution in [0.3, 0.4) is 0 Å². The van der Waals surface area contributed by atoms with Gasteiger partial charge in [0.05, 0.1) is 12.7 Å². The smallest absolute Gasteiger partial charge is 0.168 e. The van der Waals surface area contributed by atoms with E-state index in [-0.39, 0.29) is 5.79 Å². The highest BCUT2D eigenvalue weighted by atomic mass is 16.7. The molecule has 0 amide bonds. The highest BCUT2D eigenvalue weighted by Gasteiger charge is 2.44. The zero-order valence-corrected chi connectivity index (χ0v) is 15.8. The van der Waals surface area contributed by atoms with Gasteiger partial charge in [0.2, 0.25) is 0 Å². The molecule has 3 nitrogen and oxygen atoms in total. The van der Waals surface area contributed by atoms with Gasteiger partial charge in [0.1, 0.15) is 0 Å². The zero-order valence-electron chi connectivity index (χ0n) is 15.8. The maximum Gasteiger partial charge on any atom is 0.168 e. The molecule has 2 aliphatic heterocycles. The molecule has 2 saturated heterocycles. The minimum Gasteiger partial charge on any atom is -0.350 e. The van der Waals surface area contributed by atoms with Crippen LogP contribution in [0, 0.1) is 17.3 Å². The summed E-state index contributed by atoms with van der Waals surface area (Å²) in [6.07, 6.45) is 8.81. The van der Waals surface area contributed by atoms with Crippen molar-refractivity contribution in [1.82, 2.24) is 4.90 Å². The average molecular weight is 324 g/mol. The van der Waals surface area contributed by atoms with E-state index in [2.05, 4.69) is 32.6 Å². The van der Waals surface area contributed by atoms with Crippen LogP contribution >= 0.6 is 0 Å². The Morgan fingerprint density at radius 1 is 1.00 bits per heavy atom. The van der Waals surface area contributed by atoms with Crippen LogP contribution in [-0.2, 0) is 9.47 Å². The van der Waals surface area contributed by atoms with Crippen LogP contribution < -0.4 is 0 Å². The van der Waals surface area contributed by atoms with Crippen molar-refractivity contribution in [3.8, 4) is 0 Å². The summed E-state index contributed by atoms with van der Waals surface area (Å²) in [7, 11) is 0. The highest BCUT2D eigenvalue weighted by Crippen LogP contribution is 2.45. The fourth-order valence-electron chi connectivity index (χ4n) is 4.62. The molecule has 134 valence electrons. The number of ether oxygens (including phenoxy) is 2. The number of hydrogen-bond donors (Lipinski definition) is 0. The molecular weight excluding hydrogens is 286 g/mol. The Bertz CT molecular complexity index is 374. The first-order valence-corrected chi connectivity index (χ1v) is 9.90. The number of likely N-dealkylation sites (tertiary alicyclic amines) is 1. The molecule has 23 heavy (non-hydrogen) atoms. The average Bonchev–Trinajstić information content (AvgIpc) is 2.49. The quantitative estimate of drug-likeness (QED) is 0.749. The molecule has 3 heteroatoms. The summed E-state index contributed by atoms with van der Waals surface area (Å²) in [6, 6.07) is 0. The number of rotatable bonds is 2. The summed E-state index contributed by atoms with van der Waals surface area (Å²) in [5.41, 5.74) is 0.417. The molecule has 1 unspecified atom stereocenters. The van der Waals surface area contributed by atoms with Crippen molar-refractivity contribution in [2.24, 2.45) is 17.3 Å². The van der Waals surface area contributed by atoms with Gasteiger partial charge in [-0.3, -0.25) is 0 Å². The van der Waals surface area contributed by atoms with Crippen molar-refractivity contribution < 1.29 is 9.47 Å². The van der Waals surface area contributed by atoms with Gasteiger partial charge in [-0.1, -0.05) is 27.7 Å². The Morgan fingerprint density at radius 3 is 2.26 bits per heavy atom. The lowest BCUT2D eigenvalue weighted by molar-refractivity contribution is -0.311. The van der Waals surface area contributed by atoms with Crippen LogP contribution in [0.1, 0.15) is 72.6 Å². The summed E-state index contributed by atoms with van der Waals surface area (Å²) in [5, 5.41) is 0. The summed E-state index contributed by atoms with van der Waals surface area (Å²) in [5.74, 6) is 1.46. The van der Waals surface area contributed by atoms with Crippen LogP contribution in [0.25, 0.3) is 0 Å². The summed E-state index contributed by atoms with van der Waals surface area (Å²) < 4.78 is 12.7. The van der Waals surface area contributed by atoms with E-state index in [1.54, 1.807) is 0 Å². The third-order valence-electron chi connectivity index (χ3n) is 6.50. The molecule has 0 aromatic heterocycles. The second kappa shape index (κ2) is 7.01. The lowest BCUT2D eigenvalue weighted by atomic mass is 9.71. The van der Waals surface area contributed by atoms with E-state index < -0.39 is 0 Å². The van der Waals surface area contributed by atoms with Crippen LogP contribution in [0.15, 0.2) is 0 Å². The first-order chi connectivity index (χ1) is 10.9. The summed E-state index contributed by atoms with van der Waals surface area (Å²) >= 11 is 0. The molecule has 0 bridgehead atoms. The van der Waals surface area contributed by atoms with Gasteiger partial charge in [0.15, 0.2) is 5.79 Å². The predicted molar refractivity (Wildman–Crippen MR) is 94.4 cm³/mol. The molecule has 3 fully saturated rings. The number of hydrogen-bond acceptors (Lipinski definition) is 3. The normalized spacial score (nSPS) is 38.1. The maximum atomic E-state index is 6.54. The first kappa shape index (κ1) is 17.7. The monoisotopic (exact) mass is 323 g/mol. The van der Waals surface area contributed by atoms with Crippen molar-refractivity contribution in [3.63, 3.8) is 0 Å². The van der Waals surface area contributed by atoms with Crippen molar-refractivity contribution in [2.75, 3.05) is 26.2 Å². The van der Waals surface area contributed by atoms with Crippen molar-refractivity contribution in [2.45, 2.75) is 84.5 Å². The Hall–Kier alpha value is -0.120. The number of piperidine rings is 1. The molecule has 1 aliphatic carbocycles. The van der Waals surface area contributed by atoms with E-state index in [0.717, 1.165) is 44.2 Å². The lowest BCUT2D eigenvalue weighted by Gasteiger charge is -2.48. The van der Waals surface area contributed by atoms with E-state index >= 15 is 0 Å². The van der Waals surface area contributed by atoms with Crippen molar-refractivity contribution in [3.05, 3.63) is 0 Å². The lowest BCUT2D eigenvalue weighted by Crippen LogP contribution is -2.51. The minimum absolute atomic E-state index is 0.256. The molecule has 1 saturated carbocycles. The minimum atomic E-state index is -0.256. The van der Waals surface area contributed by atoms with Gasteiger partial charge in [0.25, 0.3) is 0 Å². The van der Waals surface area contributed by atoms with Crippen LogP contribution in [0.4, 0.5) is 0 Å². The van der Waals surface area contributed by atoms with Gasteiger partial charge in [-0.2, -0.15) is 0 Å². The Balaban J connectivity index is 1.50. The fourth-order valence-corrected chi connectivity index (χ4v) is 4.62. The van der Waals surface area contributed by atoms with E-state index in [0.29, 0.717) is 11.5 Å². The molecule has 3 aliphatic rings. The van der Waals surface area contributed by atoms with E-state index in [1.807, 2.05) is 0 Å². The molecule has 3 rings (SSSR count). The third kappa shape index (κ3) is 4.49. The van der Waals surface area contributed by atoms with Gasteiger partial charge in [-0.25, -0.2) is 0 Å². The SMILES string of the molecule is CC1CCN(CC2CCOC3(CCC(C(C)(C)C)CC3)O2)CC1. The second-order valence-electron chi connectivity index (χ2n) is 9.41. The van der Waals surface area contributed by atoms with Gasteiger partial charge >= 0.3 is 0 Å². The van der Waals surface area contributed by atoms with Gasteiger partial charge in [0, 0.05) is 19.4 Å². The summed E-state index contributed by atoms with van der Waals surface area (Å²) in [4.78, 5) is 2.62. The molecule has 2 heterocycles. The first-order valence-electron chi connectivity index (χ1n) is 9.90. The van der Waals surface area contributed by atoms with E-state index in [9.17, 15) is 0 Å². The fraction of sp³-hybridized carbons (Fsp3) is 1.00. The van der Waals surface area contributed by atoms with Gasteiger partial charge < -0.3 is 14.4 Å². The Labute approximate surface area is 143 Å². The van der Waals surface area contributed by atoms with E-state index in [4.69, 9.17) is 9.47 Å². The molecule has 0 radical (unpaired) electrons. The van der Waals surface area contributed by atoms with Gasteiger partial charge in [-0.05, 0) is 62.4 Å². The van der Waals surface area contributed by atoms with Crippen LogP contribution in [0.5, 0.6) is 0 Å². The molecule has 0 aromatic rings. The maximum absolute atomic E-state index is 6.54. The standard InChI is InChI=1S/C20H37NO2/c1-16-7-12-21(13-8-16)15-18-9-14-22-20(23-18)10-5-17(6-11-20)19(2,3)4/h16-18H,5-15H2,1-4H3. The zero-order chi connectivity index (χ0) is 16.5. The molecule has 1 spiro atoms. The third-order valence-corrected chi connectivity index (χ3v) is 6.50. The topological polar surface area (TPSA) is 21.7 Å². The van der Waals surface area contributed by atoms with Gasteiger partial charge in [-0.15, -0.1) is 0 Å². The Kier molecular flexibility index (Phi) is 5.40. The van der Waals surface area contributed by atoms with E-state index in [1.165, 1.54) is 38.8 Å². The summed E-state index contributed by atoms with van der Waals surface area (Å²) in [6.45, 7) is 14.0. The predicted octanol–water partition coefficient (Wildman–Crippen LogP) is 4.46. The second-order valence-corrected chi connectivity index (χ2v) is 9.41. The van der Waals surface area contributed by atoms with Crippen LogP contribution in [0.2, 0.25) is 0 Å². The molecular formula is C20H37NO2. The highest BCUT2D eigenvalue weighted by molar-refractivity contribution is 4.88. The number of nitrogens with zero attached hydrogens (tertiary/aromatic N) is 1. The van der Waals surface area contributed by atoms with Crippen LogP contribution in [-0.4, -0.2) is 43.0 Å².